The van der Waals surface area contributed by atoms with E-state index in [1.807, 2.05) is 28.0 Å². The summed E-state index contributed by atoms with van der Waals surface area (Å²) in [5.41, 5.74) is 1.57. The molecule has 2 amide bonds. The molecule has 27 heavy (non-hydrogen) atoms. The van der Waals surface area contributed by atoms with E-state index in [1.54, 1.807) is 6.20 Å². The predicted molar refractivity (Wildman–Crippen MR) is 106 cm³/mol. The lowest BCUT2D eigenvalue weighted by molar-refractivity contribution is -0.139. The number of fused-ring (bicyclic) bond motifs is 1. The average Bonchev–Trinajstić information content (AvgIpc) is 3.15. The number of piperidine rings is 1. The largest absolute Gasteiger partial charge is 0.338 e. The number of carbonyl (C=O) groups is 2. The molecule has 2 aliphatic rings. The highest BCUT2D eigenvalue weighted by Gasteiger charge is 2.34. The van der Waals surface area contributed by atoms with Crippen molar-refractivity contribution in [2.75, 3.05) is 32.7 Å². The van der Waals surface area contributed by atoms with E-state index in [-0.39, 0.29) is 36.2 Å². The summed E-state index contributed by atoms with van der Waals surface area (Å²) in [4.78, 5) is 29.7. The zero-order valence-corrected chi connectivity index (χ0v) is 16.3. The van der Waals surface area contributed by atoms with E-state index >= 15 is 0 Å². The molecule has 8 heteroatoms. The lowest BCUT2D eigenvalue weighted by Gasteiger charge is -2.39. The molecule has 0 radical (unpaired) electrons. The van der Waals surface area contributed by atoms with Crippen LogP contribution in [0.1, 0.15) is 30.1 Å². The van der Waals surface area contributed by atoms with Gasteiger partial charge in [-0.3, -0.25) is 14.7 Å². The van der Waals surface area contributed by atoms with Crippen molar-refractivity contribution >= 4 is 35.1 Å². The number of amides is 2. The van der Waals surface area contributed by atoms with Gasteiger partial charge in [-0.15, -0.1) is 12.4 Å². The Morgan fingerprint density at radius 2 is 2.11 bits per heavy atom. The average molecular weight is 392 g/mol. The van der Waals surface area contributed by atoms with Crippen LogP contribution >= 0.6 is 12.4 Å². The van der Waals surface area contributed by atoms with Crippen LogP contribution in [0.2, 0.25) is 0 Å². The number of piperazine rings is 1. The monoisotopic (exact) mass is 391 g/mol. The van der Waals surface area contributed by atoms with Gasteiger partial charge in [-0.05, 0) is 38.0 Å². The fourth-order valence-corrected chi connectivity index (χ4v) is 4.02. The smallest absolute Gasteiger partial charge is 0.253 e. The molecule has 0 saturated carbocycles. The highest BCUT2D eigenvalue weighted by Crippen LogP contribution is 2.23. The molecule has 2 N–H and O–H groups in total. The van der Waals surface area contributed by atoms with Crippen molar-refractivity contribution in [2.45, 2.75) is 25.8 Å². The van der Waals surface area contributed by atoms with E-state index in [9.17, 15) is 9.59 Å². The van der Waals surface area contributed by atoms with Gasteiger partial charge in [0.2, 0.25) is 5.91 Å². The molecule has 7 nitrogen and oxygen atoms in total. The van der Waals surface area contributed by atoms with Crippen LogP contribution in [0.3, 0.4) is 0 Å². The zero-order valence-electron chi connectivity index (χ0n) is 15.5. The first-order valence-electron chi connectivity index (χ1n) is 9.37. The lowest BCUT2D eigenvalue weighted by atomic mass is 9.95. The summed E-state index contributed by atoms with van der Waals surface area (Å²) >= 11 is 0. The van der Waals surface area contributed by atoms with E-state index in [0.717, 1.165) is 43.4 Å². The van der Waals surface area contributed by atoms with Crippen molar-refractivity contribution in [3.8, 4) is 0 Å². The molecule has 2 fully saturated rings. The second kappa shape index (κ2) is 8.27. The minimum Gasteiger partial charge on any atom is -0.338 e. The topological polar surface area (TPSA) is 81.3 Å². The van der Waals surface area contributed by atoms with Gasteiger partial charge in [0.15, 0.2) is 0 Å². The Balaban J connectivity index is 0.00000210. The number of H-pyrrole nitrogens is 1. The van der Waals surface area contributed by atoms with Crippen LogP contribution in [0, 0.1) is 5.92 Å². The van der Waals surface area contributed by atoms with Crippen LogP contribution in [0.25, 0.3) is 10.9 Å². The van der Waals surface area contributed by atoms with Crippen molar-refractivity contribution in [3.05, 3.63) is 30.0 Å². The van der Waals surface area contributed by atoms with Gasteiger partial charge in [0.05, 0.1) is 17.6 Å². The standard InChI is InChI=1S/C19H25N5O2.ClH/c1-13-10-20-6-8-24(13)19(26)15-3-2-7-23(12-15)18(25)14-4-5-17-16(9-14)11-21-22-17;/h4-5,9,11,13,15,20H,2-3,6-8,10,12H2,1H3,(H,21,22);1H/t13-,15?;/m1./s1. The SMILES string of the molecule is C[C@@H]1CNCCN1C(=O)C1CCCN(C(=O)c2ccc3[nH]ncc3c2)C1.Cl. The first-order chi connectivity index (χ1) is 12.6. The second-order valence-electron chi connectivity index (χ2n) is 7.35. The van der Waals surface area contributed by atoms with Gasteiger partial charge in [0, 0.05) is 49.7 Å². The third-order valence-electron chi connectivity index (χ3n) is 5.53. The van der Waals surface area contributed by atoms with Crippen molar-refractivity contribution in [3.63, 3.8) is 0 Å². The minimum absolute atomic E-state index is 0. The van der Waals surface area contributed by atoms with Gasteiger partial charge in [0.1, 0.15) is 0 Å². The molecule has 2 aromatic rings. The van der Waals surface area contributed by atoms with Gasteiger partial charge in [-0.2, -0.15) is 5.10 Å². The number of carbonyl (C=O) groups excluding carboxylic acids is 2. The van der Waals surface area contributed by atoms with E-state index in [4.69, 9.17) is 0 Å². The molecule has 1 aromatic heterocycles. The third-order valence-corrected chi connectivity index (χ3v) is 5.53. The summed E-state index contributed by atoms with van der Waals surface area (Å²) in [7, 11) is 0. The molecule has 2 aliphatic heterocycles. The number of nitrogens with one attached hydrogen (secondary N) is 2. The Morgan fingerprint density at radius 1 is 1.26 bits per heavy atom. The molecule has 2 saturated heterocycles. The number of halogens is 1. The number of aromatic nitrogens is 2. The first-order valence-corrected chi connectivity index (χ1v) is 9.37. The third kappa shape index (κ3) is 3.94. The van der Waals surface area contributed by atoms with Gasteiger partial charge >= 0.3 is 0 Å². The number of nitrogens with zero attached hydrogens (tertiary/aromatic N) is 3. The maximum absolute atomic E-state index is 13.0. The molecule has 4 rings (SSSR count). The Kier molecular flexibility index (Phi) is 6.01. The summed E-state index contributed by atoms with van der Waals surface area (Å²) < 4.78 is 0. The van der Waals surface area contributed by atoms with Crippen LogP contribution < -0.4 is 5.32 Å². The lowest BCUT2D eigenvalue weighted by Crippen LogP contribution is -2.55. The highest BCUT2D eigenvalue weighted by molar-refractivity contribution is 5.98. The second-order valence-corrected chi connectivity index (χ2v) is 7.35. The quantitative estimate of drug-likeness (QED) is 0.815. The molecular weight excluding hydrogens is 366 g/mol. The molecule has 146 valence electrons. The number of rotatable bonds is 2. The highest BCUT2D eigenvalue weighted by atomic mass is 35.5. The molecule has 2 atom stereocenters. The molecular formula is C19H26ClN5O2. The van der Waals surface area contributed by atoms with Crippen molar-refractivity contribution in [1.82, 2.24) is 25.3 Å². The summed E-state index contributed by atoms with van der Waals surface area (Å²) in [6.07, 6.45) is 3.46. The van der Waals surface area contributed by atoms with E-state index in [0.29, 0.717) is 18.7 Å². The van der Waals surface area contributed by atoms with Gasteiger partial charge in [-0.1, -0.05) is 0 Å². The Morgan fingerprint density at radius 3 is 2.93 bits per heavy atom. The van der Waals surface area contributed by atoms with Crippen molar-refractivity contribution in [1.29, 1.82) is 0 Å². The molecule has 0 aliphatic carbocycles. The van der Waals surface area contributed by atoms with Crippen molar-refractivity contribution in [2.24, 2.45) is 5.92 Å². The Bertz CT molecular complexity index is 823. The predicted octanol–water partition coefficient (Wildman–Crippen LogP) is 1.66. The number of aromatic amines is 1. The first kappa shape index (κ1) is 19.6. The number of hydrogen-bond donors (Lipinski definition) is 2. The molecule has 1 unspecified atom stereocenters. The molecule has 3 heterocycles. The maximum Gasteiger partial charge on any atom is 0.253 e. The fraction of sp³-hybridized carbons (Fsp3) is 0.526. The van der Waals surface area contributed by atoms with Crippen LogP contribution in [-0.2, 0) is 4.79 Å². The minimum atomic E-state index is -0.0918. The van der Waals surface area contributed by atoms with E-state index < -0.39 is 0 Å². The summed E-state index contributed by atoms with van der Waals surface area (Å²) in [6.45, 7) is 5.74. The fourth-order valence-electron chi connectivity index (χ4n) is 4.02. The van der Waals surface area contributed by atoms with Crippen LogP contribution in [0.15, 0.2) is 24.4 Å². The number of hydrogen-bond acceptors (Lipinski definition) is 4. The molecule has 1 aromatic carbocycles. The maximum atomic E-state index is 13.0. The zero-order chi connectivity index (χ0) is 18.1. The van der Waals surface area contributed by atoms with Gasteiger partial charge in [0.25, 0.3) is 5.91 Å². The summed E-state index contributed by atoms with van der Waals surface area (Å²) in [5, 5.41) is 11.1. The van der Waals surface area contributed by atoms with E-state index in [2.05, 4.69) is 22.4 Å². The number of likely N-dealkylation sites (tertiary alicyclic amines) is 1. The van der Waals surface area contributed by atoms with Gasteiger partial charge < -0.3 is 15.1 Å². The summed E-state index contributed by atoms with van der Waals surface area (Å²) in [6, 6.07) is 5.79. The van der Waals surface area contributed by atoms with Crippen molar-refractivity contribution < 1.29 is 9.59 Å². The number of benzene rings is 1. The Hall–Kier alpha value is -2.12. The van der Waals surface area contributed by atoms with Crippen LogP contribution in [0.5, 0.6) is 0 Å². The van der Waals surface area contributed by atoms with E-state index in [1.165, 1.54) is 0 Å². The Labute approximate surface area is 164 Å². The van der Waals surface area contributed by atoms with Crippen LogP contribution in [-0.4, -0.2) is 70.6 Å². The normalized spacial score (nSPS) is 23.1. The molecule has 0 bridgehead atoms. The van der Waals surface area contributed by atoms with Crippen LogP contribution in [0.4, 0.5) is 0 Å². The van der Waals surface area contributed by atoms with Gasteiger partial charge in [-0.25, -0.2) is 0 Å². The summed E-state index contributed by atoms with van der Waals surface area (Å²) in [5.74, 6) is 0.103. The molecule has 0 spiro atoms.